The van der Waals surface area contributed by atoms with Crippen LogP contribution in [0.2, 0.25) is 0 Å². The summed E-state index contributed by atoms with van der Waals surface area (Å²) >= 11 is 0. The Hall–Kier alpha value is -4.21. The molecule has 0 aliphatic carbocycles. The summed E-state index contributed by atoms with van der Waals surface area (Å²) in [7, 11) is 3.94. The third-order valence-electron chi connectivity index (χ3n) is 5.58. The molecule has 0 fully saturated rings. The Labute approximate surface area is 192 Å². The summed E-state index contributed by atoms with van der Waals surface area (Å²) in [6.45, 7) is 0.642. The minimum Gasteiger partial charge on any atom is -0.363 e. The van der Waals surface area contributed by atoms with Crippen LogP contribution in [0.1, 0.15) is 16.7 Å². The molecule has 0 aliphatic heterocycles. The lowest BCUT2D eigenvalue weighted by molar-refractivity contribution is 0.966. The van der Waals surface area contributed by atoms with Gasteiger partial charge >= 0.3 is 0 Å². The highest BCUT2D eigenvalue weighted by Crippen LogP contribution is 2.26. The van der Waals surface area contributed by atoms with E-state index >= 15 is 0 Å². The van der Waals surface area contributed by atoms with Gasteiger partial charge in [0.2, 0.25) is 0 Å². The molecule has 0 bridgehead atoms. The average molecular weight is 433 g/mol. The summed E-state index contributed by atoms with van der Waals surface area (Å²) in [5, 5.41) is 1.02. The van der Waals surface area contributed by atoms with Crippen LogP contribution < -0.4 is 10.6 Å². The number of rotatable bonds is 4. The molecule has 0 unspecified atom stereocenters. The van der Waals surface area contributed by atoms with Gasteiger partial charge in [0.1, 0.15) is 17.7 Å². The lowest BCUT2D eigenvalue weighted by Crippen LogP contribution is -2.10. The maximum Gasteiger partial charge on any atom is 0.128 e. The van der Waals surface area contributed by atoms with Gasteiger partial charge in [-0.1, -0.05) is 24.0 Å². The number of anilines is 1. The van der Waals surface area contributed by atoms with Crippen LogP contribution in [0, 0.1) is 11.8 Å². The molecule has 162 valence electrons. The molecule has 3 heterocycles. The Balaban J connectivity index is 1.56. The van der Waals surface area contributed by atoms with Gasteiger partial charge in [0.05, 0.1) is 17.2 Å². The average Bonchev–Trinajstić information content (AvgIpc) is 3.28. The van der Waals surface area contributed by atoms with Crippen LogP contribution in [0.3, 0.4) is 0 Å². The number of nitrogens with two attached hydrogens (primary N) is 1. The molecule has 2 N–H and O–H groups in total. The van der Waals surface area contributed by atoms with E-state index in [0.717, 1.165) is 51.0 Å². The number of hydrogen-bond donors (Lipinski definition) is 1. The molecular weight excluding hydrogens is 408 g/mol. The molecule has 0 atom stereocenters. The van der Waals surface area contributed by atoms with Crippen LogP contribution in [0.4, 0.5) is 5.82 Å². The number of imidazole rings is 1. The van der Waals surface area contributed by atoms with E-state index < -0.39 is 0 Å². The summed E-state index contributed by atoms with van der Waals surface area (Å²) in [5.74, 6) is 7.39. The third-order valence-corrected chi connectivity index (χ3v) is 5.58. The number of pyridine rings is 2. The molecule has 5 rings (SSSR count). The molecule has 0 saturated carbocycles. The van der Waals surface area contributed by atoms with Gasteiger partial charge in [-0.05, 0) is 61.0 Å². The number of fused-ring (bicyclic) bond motifs is 3. The van der Waals surface area contributed by atoms with Gasteiger partial charge in [-0.25, -0.2) is 9.97 Å². The van der Waals surface area contributed by atoms with Crippen molar-refractivity contribution in [3.63, 3.8) is 0 Å². The second-order valence-electron chi connectivity index (χ2n) is 8.09. The van der Waals surface area contributed by atoms with Gasteiger partial charge in [-0.3, -0.25) is 9.55 Å². The van der Waals surface area contributed by atoms with Gasteiger partial charge in [0.15, 0.2) is 0 Å². The molecule has 33 heavy (non-hydrogen) atoms. The second kappa shape index (κ2) is 8.73. The van der Waals surface area contributed by atoms with E-state index in [9.17, 15) is 0 Å². The van der Waals surface area contributed by atoms with E-state index in [0.29, 0.717) is 6.54 Å². The van der Waals surface area contributed by atoms with E-state index in [-0.39, 0.29) is 0 Å². The van der Waals surface area contributed by atoms with Crippen LogP contribution in [0.15, 0.2) is 73.3 Å². The predicted octanol–water partition coefficient (Wildman–Crippen LogP) is 3.94. The number of benzene rings is 2. The minimum absolute atomic E-state index is 0.642. The van der Waals surface area contributed by atoms with E-state index in [4.69, 9.17) is 5.73 Å². The zero-order valence-electron chi connectivity index (χ0n) is 18.7. The second-order valence-corrected chi connectivity index (χ2v) is 8.09. The Bertz CT molecular complexity index is 1490. The van der Waals surface area contributed by atoms with Crippen molar-refractivity contribution in [2.24, 2.45) is 5.73 Å². The fourth-order valence-electron chi connectivity index (χ4n) is 3.83. The molecule has 6 heteroatoms. The lowest BCUT2D eigenvalue weighted by atomic mass is 10.1. The van der Waals surface area contributed by atoms with Crippen molar-refractivity contribution in [3.05, 3.63) is 90.0 Å². The highest BCUT2D eigenvalue weighted by Gasteiger charge is 2.10. The van der Waals surface area contributed by atoms with Crippen LogP contribution in [0.25, 0.3) is 27.6 Å². The topological polar surface area (TPSA) is 72.9 Å². The first kappa shape index (κ1) is 20.7. The molecule has 0 spiro atoms. The van der Waals surface area contributed by atoms with Gasteiger partial charge < -0.3 is 10.6 Å². The highest BCUT2D eigenvalue weighted by atomic mass is 15.1. The maximum absolute atomic E-state index is 5.69. The van der Waals surface area contributed by atoms with E-state index in [1.807, 2.05) is 55.8 Å². The van der Waals surface area contributed by atoms with Crippen LogP contribution in [-0.4, -0.2) is 40.2 Å². The quantitative estimate of drug-likeness (QED) is 0.436. The van der Waals surface area contributed by atoms with Crippen molar-refractivity contribution in [1.82, 2.24) is 19.5 Å². The molecule has 0 saturated heterocycles. The SMILES string of the molecule is CN(C)c1ccc(C#Cc2ccc3ncc4ncn(-c5ccc(CCN)cc5)c4c3c2)cn1. The van der Waals surface area contributed by atoms with Gasteiger partial charge in [-0.15, -0.1) is 0 Å². The Morgan fingerprint density at radius 3 is 2.36 bits per heavy atom. The molecule has 0 amide bonds. The zero-order valence-corrected chi connectivity index (χ0v) is 18.7. The molecule has 2 aromatic carbocycles. The van der Waals surface area contributed by atoms with Gasteiger partial charge in [0.25, 0.3) is 0 Å². The first-order valence-corrected chi connectivity index (χ1v) is 10.8. The Morgan fingerprint density at radius 2 is 1.64 bits per heavy atom. The molecule has 0 radical (unpaired) electrons. The monoisotopic (exact) mass is 432 g/mol. The van der Waals surface area contributed by atoms with E-state index in [1.54, 1.807) is 6.20 Å². The minimum atomic E-state index is 0.642. The Kier molecular flexibility index (Phi) is 5.47. The molecule has 6 nitrogen and oxygen atoms in total. The lowest BCUT2D eigenvalue weighted by Gasteiger charge is -2.09. The van der Waals surface area contributed by atoms with Crippen LogP contribution >= 0.6 is 0 Å². The van der Waals surface area contributed by atoms with Crippen molar-refractivity contribution < 1.29 is 0 Å². The predicted molar refractivity (Wildman–Crippen MR) is 134 cm³/mol. The molecule has 5 aromatic rings. The molecule has 3 aromatic heterocycles. The smallest absolute Gasteiger partial charge is 0.128 e. The van der Waals surface area contributed by atoms with Crippen LogP contribution in [0.5, 0.6) is 0 Å². The Morgan fingerprint density at radius 1 is 0.848 bits per heavy atom. The highest BCUT2D eigenvalue weighted by molar-refractivity contribution is 6.03. The van der Waals surface area contributed by atoms with Crippen LogP contribution in [-0.2, 0) is 6.42 Å². The largest absolute Gasteiger partial charge is 0.363 e. The fourth-order valence-corrected chi connectivity index (χ4v) is 3.83. The van der Waals surface area contributed by atoms with Crippen molar-refractivity contribution >= 4 is 27.8 Å². The van der Waals surface area contributed by atoms with Crippen molar-refractivity contribution in [2.75, 3.05) is 25.5 Å². The maximum atomic E-state index is 5.69. The first-order chi connectivity index (χ1) is 16.1. The number of nitrogens with zero attached hydrogens (tertiary/aromatic N) is 5. The van der Waals surface area contributed by atoms with Crippen molar-refractivity contribution in [3.8, 4) is 17.5 Å². The first-order valence-electron chi connectivity index (χ1n) is 10.8. The summed E-state index contributed by atoms with van der Waals surface area (Å²) in [6, 6.07) is 18.5. The summed E-state index contributed by atoms with van der Waals surface area (Å²) < 4.78 is 2.10. The van der Waals surface area contributed by atoms with Crippen molar-refractivity contribution in [1.29, 1.82) is 0 Å². The summed E-state index contributed by atoms with van der Waals surface area (Å²) in [5.41, 5.74) is 12.5. The molecular formula is C27H24N6. The normalized spacial score (nSPS) is 10.9. The fraction of sp³-hybridized carbons (Fsp3) is 0.148. The van der Waals surface area contributed by atoms with E-state index in [2.05, 4.69) is 61.7 Å². The summed E-state index contributed by atoms with van der Waals surface area (Å²) in [4.78, 5) is 15.6. The number of aromatic nitrogens is 4. The zero-order chi connectivity index (χ0) is 22.8. The standard InChI is InChI=1S/C27H24N6/c1-32(2)26-12-8-21(16-30-26)4-3-20-7-11-24-23(15-20)27-25(17-29-24)31-18-33(27)22-9-5-19(6-10-22)13-14-28/h5-12,15-18H,13-14,28H2,1-2H3. The third kappa shape index (κ3) is 4.14. The van der Waals surface area contributed by atoms with Gasteiger partial charge in [0, 0.05) is 42.5 Å². The van der Waals surface area contributed by atoms with Gasteiger partial charge in [-0.2, -0.15) is 0 Å². The van der Waals surface area contributed by atoms with E-state index in [1.165, 1.54) is 5.56 Å². The molecule has 0 aliphatic rings. The summed E-state index contributed by atoms with van der Waals surface area (Å²) in [6.07, 6.45) is 6.33. The van der Waals surface area contributed by atoms with Crippen molar-refractivity contribution in [2.45, 2.75) is 6.42 Å². The number of hydrogen-bond acceptors (Lipinski definition) is 5.